The quantitative estimate of drug-likeness (QED) is 0.653. The predicted octanol–water partition coefficient (Wildman–Crippen LogP) is 5.60. The van der Waals surface area contributed by atoms with Gasteiger partial charge in [0, 0.05) is 5.69 Å². The Balaban J connectivity index is 2.45. The van der Waals surface area contributed by atoms with Gasteiger partial charge in [0.2, 0.25) is 0 Å². The van der Waals surface area contributed by atoms with E-state index in [1.54, 1.807) is 25.1 Å². The minimum atomic E-state index is -4.86. The average molecular weight is 331 g/mol. The maximum atomic E-state index is 12.7. The van der Waals surface area contributed by atoms with Gasteiger partial charge in [-0.1, -0.05) is 12.1 Å². The summed E-state index contributed by atoms with van der Waals surface area (Å²) in [6.07, 6.45) is -7.17. The Hall–Kier alpha value is -2.31. The summed E-state index contributed by atoms with van der Waals surface area (Å²) in [6, 6.07) is 6.45. The molecule has 0 fully saturated rings. The highest BCUT2D eigenvalue weighted by Crippen LogP contribution is 2.36. The number of hydrogen-bond acceptors (Lipinski definition) is 1. The summed E-state index contributed by atoms with van der Waals surface area (Å²) in [7, 11) is 0. The highest BCUT2D eigenvalue weighted by molar-refractivity contribution is 5.69. The summed E-state index contributed by atoms with van der Waals surface area (Å²) in [5, 5.41) is 0. The number of alkyl halides is 6. The standard InChI is InChI=1S/C16H11F6N/c1-10-3-2-4-14(23-10)6-5-11-7-12(15(17,18)19)9-13(8-11)16(20,21)22/h2-9H,1H3. The Labute approximate surface area is 128 Å². The monoisotopic (exact) mass is 331 g/mol. The lowest BCUT2D eigenvalue weighted by molar-refractivity contribution is -0.143. The summed E-state index contributed by atoms with van der Waals surface area (Å²) in [4.78, 5) is 4.10. The van der Waals surface area contributed by atoms with Crippen LogP contribution in [0.2, 0.25) is 0 Å². The van der Waals surface area contributed by atoms with Crippen LogP contribution >= 0.6 is 0 Å². The van der Waals surface area contributed by atoms with Crippen molar-refractivity contribution in [1.29, 1.82) is 0 Å². The molecule has 23 heavy (non-hydrogen) atoms. The van der Waals surface area contributed by atoms with Crippen LogP contribution in [-0.4, -0.2) is 4.98 Å². The minimum absolute atomic E-state index is 0.0995. The molecule has 0 saturated carbocycles. The van der Waals surface area contributed by atoms with E-state index < -0.39 is 23.5 Å². The van der Waals surface area contributed by atoms with Gasteiger partial charge < -0.3 is 0 Å². The van der Waals surface area contributed by atoms with E-state index in [1.807, 2.05) is 0 Å². The number of aryl methyl sites for hydroxylation is 1. The Bertz CT molecular complexity index is 696. The molecule has 1 aromatic heterocycles. The highest BCUT2D eigenvalue weighted by Gasteiger charge is 2.36. The number of aromatic nitrogens is 1. The van der Waals surface area contributed by atoms with E-state index in [9.17, 15) is 26.3 Å². The number of hydrogen-bond donors (Lipinski definition) is 0. The maximum Gasteiger partial charge on any atom is 0.416 e. The van der Waals surface area contributed by atoms with Crippen LogP contribution in [-0.2, 0) is 12.4 Å². The lowest BCUT2D eigenvalue weighted by Crippen LogP contribution is -2.11. The largest absolute Gasteiger partial charge is 0.416 e. The van der Waals surface area contributed by atoms with Gasteiger partial charge in [0.25, 0.3) is 0 Å². The second-order valence-corrected chi connectivity index (χ2v) is 4.88. The van der Waals surface area contributed by atoms with Crippen LogP contribution in [0.1, 0.15) is 28.1 Å². The normalized spacial score (nSPS) is 12.8. The molecule has 1 nitrogen and oxygen atoms in total. The molecular weight excluding hydrogens is 320 g/mol. The fourth-order valence-electron chi connectivity index (χ4n) is 1.91. The number of benzene rings is 1. The van der Waals surface area contributed by atoms with E-state index in [4.69, 9.17) is 0 Å². The molecule has 0 spiro atoms. The molecule has 0 amide bonds. The smallest absolute Gasteiger partial charge is 0.254 e. The van der Waals surface area contributed by atoms with Gasteiger partial charge >= 0.3 is 12.4 Å². The summed E-state index contributed by atoms with van der Waals surface area (Å²) < 4.78 is 76.5. The van der Waals surface area contributed by atoms with Crippen LogP contribution < -0.4 is 0 Å². The molecule has 2 rings (SSSR count). The molecule has 0 N–H and O–H groups in total. The number of nitrogens with zero attached hydrogens (tertiary/aromatic N) is 1. The summed E-state index contributed by atoms with van der Waals surface area (Å²) in [5.41, 5.74) is -1.76. The molecule has 122 valence electrons. The van der Waals surface area contributed by atoms with Gasteiger partial charge in [0.05, 0.1) is 16.8 Å². The van der Waals surface area contributed by atoms with Crippen molar-refractivity contribution in [2.45, 2.75) is 19.3 Å². The van der Waals surface area contributed by atoms with Gasteiger partial charge in [-0.2, -0.15) is 26.3 Å². The Morgan fingerprint density at radius 1 is 0.826 bits per heavy atom. The number of pyridine rings is 1. The zero-order valence-electron chi connectivity index (χ0n) is 11.8. The summed E-state index contributed by atoms with van der Waals surface area (Å²) in [5.74, 6) is 0. The molecule has 2 aromatic rings. The van der Waals surface area contributed by atoms with Crippen LogP contribution in [0, 0.1) is 6.92 Å². The molecule has 0 aliphatic carbocycles. The SMILES string of the molecule is Cc1cccc(C=Cc2cc(C(F)(F)F)cc(C(F)(F)F)c2)n1. The fourth-order valence-corrected chi connectivity index (χ4v) is 1.91. The average Bonchev–Trinajstić information content (AvgIpc) is 2.43. The van der Waals surface area contributed by atoms with Crippen molar-refractivity contribution in [2.75, 3.05) is 0 Å². The first-order valence-electron chi connectivity index (χ1n) is 6.47. The van der Waals surface area contributed by atoms with Crippen LogP contribution in [0.4, 0.5) is 26.3 Å². The molecule has 1 heterocycles. The topological polar surface area (TPSA) is 12.9 Å². The molecule has 0 atom stereocenters. The van der Waals surface area contributed by atoms with Crippen molar-refractivity contribution in [3.05, 3.63) is 64.5 Å². The zero-order valence-corrected chi connectivity index (χ0v) is 11.8. The third kappa shape index (κ3) is 4.58. The molecule has 0 aliphatic heterocycles. The first kappa shape index (κ1) is 17.1. The molecular formula is C16H11F6N. The van der Waals surface area contributed by atoms with Crippen molar-refractivity contribution >= 4 is 12.2 Å². The zero-order chi connectivity index (χ0) is 17.3. The van der Waals surface area contributed by atoms with Crippen LogP contribution in [0.25, 0.3) is 12.2 Å². The summed E-state index contributed by atoms with van der Waals surface area (Å²) >= 11 is 0. The minimum Gasteiger partial charge on any atom is -0.254 e. The van der Waals surface area contributed by atoms with E-state index in [0.717, 1.165) is 0 Å². The first-order valence-corrected chi connectivity index (χ1v) is 6.47. The predicted molar refractivity (Wildman–Crippen MR) is 74.3 cm³/mol. The Morgan fingerprint density at radius 2 is 1.39 bits per heavy atom. The second-order valence-electron chi connectivity index (χ2n) is 4.88. The van der Waals surface area contributed by atoms with E-state index in [2.05, 4.69) is 4.98 Å². The molecule has 0 aliphatic rings. The molecule has 7 heteroatoms. The molecule has 0 bridgehead atoms. The van der Waals surface area contributed by atoms with Gasteiger partial charge in [-0.15, -0.1) is 0 Å². The molecule has 1 aromatic carbocycles. The van der Waals surface area contributed by atoms with E-state index in [1.165, 1.54) is 12.2 Å². The molecule has 0 radical (unpaired) electrons. The fraction of sp³-hybridized carbons (Fsp3) is 0.188. The lowest BCUT2D eigenvalue weighted by atomic mass is 10.0. The van der Waals surface area contributed by atoms with Gasteiger partial charge in [-0.3, -0.25) is 4.98 Å². The van der Waals surface area contributed by atoms with E-state index in [-0.39, 0.29) is 11.6 Å². The first-order chi connectivity index (χ1) is 10.6. The van der Waals surface area contributed by atoms with Crippen molar-refractivity contribution in [3.63, 3.8) is 0 Å². The maximum absolute atomic E-state index is 12.7. The van der Waals surface area contributed by atoms with Crippen molar-refractivity contribution in [2.24, 2.45) is 0 Å². The third-order valence-electron chi connectivity index (χ3n) is 2.97. The third-order valence-corrected chi connectivity index (χ3v) is 2.97. The van der Waals surface area contributed by atoms with Gasteiger partial charge in [-0.25, -0.2) is 0 Å². The Morgan fingerprint density at radius 3 is 1.87 bits per heavy atom. The summed E-state index contributed by atoms with van der Waals surface area (Å²) in [6.45, 7) is 1.73. The van der Waals surface area contributed by atoms with Gasteiger partial charge in [0.15, 0.2) is 0 Å². The van der Waals surface area contributed by atoms with Gasteiger partial charge in [0.1, 0.15) is 0 Å². The number of rotatable bonds is 2. The molecule has 0 unspecified atom stereocenters. The van der Waals surface area contributed by atoms with E-state index >= 15 is 0 Å². The van der Waals surface area contributed by atoms with Crippen molar-refractivity contribution in [3.8, 4) is 0 Å². The number of halogens is 6. The van der Waals surface area contributed by atoms with Crippen LogP contribution in [0.5, 0.6) is 0 Å². The lowest BCUT2D eigenvalue weighted by Gasteiger charge is -2.12. The Kier molecular flexibility index (Phi) is 4.49. The van der Waals surface area contributed by atoms with Crippen LogP contribution in [0.3, 0.4) is 0 Å². The van der Waals surface area contributed by atoms with Gasteiger partial charge in [-0.05, 0) is 48.9 Å². The molecule has 0 saturated heterocycles. The van der Waals surface area contributed by atoms with E-state index in [0.29, 0.717) is 23.5 Å². The highest BCUT2D eigenvalue weighted by atomic mass is 19.4. The van der Waals surface area contributed by atoms with Crippen molar-refractivity contribution < 1.29 is 26.3 Å². The van der Waals surface area contributed by atoms with Crippen molar-refractivity contribution in [1.82, 2.24) is 4.98 Å². The van der Waals surface area contributed by atoms with Crippen LogP contribution in [0.15, 0.2) is 36.4 Å². The second kappa shape index (κ2) is 6.06.